The summed E-state index contributed by atoms with van der Waals surface area (Å²) in [6, 6.07) is 5.31. The minimum atomic E-state index is 0.351. The van der Waals surface area contributed by atoms with Crippen molar-refractivity contribution in [2.45, 2.75) is 13.3 Å². The van der Waals surface area contributed by atoms with E-state index in [1.165, 1.54) is 0 Å². The van der Waals surface area contributed by atoms with Crippen LogP contribution in [0.4, 0.5) is 5.88 Å². The highest BCUT2D eigenvalue weighted by atomic mass is 35.5. The molecule has 1 aromatic carbocycles. The average molecular weight is 257 g/mol. The van der Waals surface area contributed by atoms with Gasteiger partial charge in [-0.1, -0.05) is 41.3 Å². The van der Waals surface area contributed by atoms with Crippen LogP contribution in [0.3, 0.4) is 0 Å². The van der Waals surface area contributed by atoms with Gasteiger partial charge in [0, 0.05) is 11.1 Å². The van der Waals surface area contributed by atoms with Crippen molar-refractivity contribution in [1.29, 1.82) is 0 Å². The van der Waals surface area contributed by atoms with Gasteiger partial charge in [0.05, 0.1) is 10.0 Å². The molecule has 0 amide bonds. The molecule has 0 aliphatic heterocycles. The smallest absolute Gasteiger partial charge is 0.225 e. The maximum absolute atomic E-state index is 5.94. The summed E-state index contributed by atoms with van der Waals surface area (Å²) in [5, 5.41) is 4.93. The van der Waals surface area contributed by atoms with E-state index in [1.807, 2.05) is 13.0 Å². The molecule has 2 rings (SSSR count). The molecule has 2 N–H and O–H groups in total. The van der Waals surface area contributed by atoms with E-state index in [1.54, 1.807) is 12.1 Å². The van der Waals surface area contributed by atoms with Gasteiger partial charge < -0.3 is 10.3 Å². The van der Waals surface area contributed by atoms with E-state index in [0.29, 0.717) is 15.9 Å². The maximum Gasteiger partial charge on any atom is 0.225 e. The first kappa shape index (κ1) is 11.3. The molecule has 0 bridgehead atoms. The summed E-state index contributed by atoms with van der Waals surface area (Å²) in [6.07, 6.45) is 0.755. The zero-order valence-electron chi connectivity index (χ0n) is 8.63. The van der Waals surface area contributed by atoms with Gasteiger partial charge in [0.15, 0.2) is 0 Å². The number of nitrogens with two attached hydrogens (primary N) is 1. The summed E-state index contributed by atoms with van der Waals surface area (Å²) < 4.78 is 4.96. The minimum Gasteiger partial charge on any atom is -0.367 e. The van der Waals surface area contributed by atoms with Crippen LogP contribution >= 0.6 is 23.2 Å². The molecule has 0 radical (unpaired) electrons. The Morgan fingerprint density at radius 3 is 2.69 bits per heavy atom. The van der Waals surface area contributed by atoms with Crippen LogP contribution in [0.2, 0.25) is 10.0 Å². The van der Waals surface area contributed by atoms with Crippen molar-refractivity contribution in [2.75, 3.05) is 5.73 Å². The normalized spacial score (nSPS) is 10.7. The maximum atomic E-state index is 5.94. The molecule has 0 spiro atoms. The Bertz CT molecular complexity index is 523. The molecule has 0 aliphatic rings. The fraction of sp³-hybridized carbons (Fsp3) is 0.182. The van der Waals surface area contributed by atoms with E-state index in [4.69, 9.17) is 33.5 Å². The Morgan fingerprint density at radius 2 is 2.06 bits per heavy atom. The van der Waals surface area contributed by atoms with Crippen LogP contribution < -0.4 is 5.73 Å². The van der Waals surface area contributed by atoms with Crippen molar-refractivity contribution < 1.29 is 4.52 Å². The Kier molecular flexibility index (Phi) is 3.08. The molecular weight excluding hydrogens is 247 g/mol. The molecular formula is C11H10Cl2N2O. The summed E-state index contributed by atoms with van der Waals surface area (Å²) in [5.41, 5.74) is 8.13. The van der Waals surface area contributed by atoms with Crippen molar-refractivity contribution in [2.24, 2.45) is 0 Å². The monoisotopic (exact) mass is 256 g/mol. The van der Waals surface area contributed by atoms with Crippen molar-refractivity contribution in [1.82, 2.24) is 5.16 Å². The number of hydrogen-bond donors (Lipinski definition) is 1. The van der Waals surface area contributed by atoms with Gasteiger partial charge in [-0.3, -0.25) is 0 Å². The lowest BCUT2D eigenvalue weighted by molar-refractivity contribution is 0.438. The fourth-order valence-electron chi connectivity index (χ4n) is 1.53. The predicted molar refractivity (Wildman–Crippen MR) is 65.7 cm³/mol. The van der Waals surface area contributed by atoms with Crippen molar-refractivity contribution in [3.05, 3.63) is 33.8 Å². The molecule has 0 aliphatic carbocycles. The molecule has 0 unspecified atom stereocenters. The highest BCUT2D eigenvalue weighted by Gasteiger charge is 2.14. The topological polar surface area (TPSA) is 52.0 Å². The summed E-state index contributed by atoms with van der Waals surface area (Å²) in [6.45, 7) is 1.99. The van der Waals surface area contributed by atoms with E-state index in [9.17, 15) is 0 Å². The third-order valence-corrected chi connectivity index (χ3v) is 3.10. The molecule has 0 atom stereocenters. The van der Waals surface area contributed by atoms with E-state index in [2.05, 4.69) is 5.16 Å². The van der Waals surface area contributed by atoms with E-state index >= 15 is 0 Å². The second-order valence-corrected chi connectivity index (χ2v) is 4.17. The first-order valence-corrected chi connectivity index (χ1v) is 5.58. The lowest BCUT2D eigenvalue weighted by Gasteiger charge is -2.01. The molecule has 1 heterocycles. The third kappa shape index (κ3) is 1.88. The standard InChI is InChI=1S/C11H10Cl2N2O/c1-2-7-10(15-16-11(7)14)6-3-4-8(12)9(13)5-6/h3-5H,2,14H2,1H3. The Labute approximate surface area is 103 Å². The molecule has 5 heteroatoms. The molecule has 1 aromatic heterocycles. The van der Waals surface area contributed by atoms with Crippen LogP contribution in [-0.4, -0.2) is 5.16 Å². The van der Waals surface area contributed by atoms with Crippen molar-refractivity contribution >= 4 is 29.1 Å². The first-order valence-electron chi connectivity index (χ1n) is 4.83. The number of benzene rings is 1. The Hall–Kier alpha value is -1.19. The van der Waals surface area contributed by atoms with Gasteiger partial charge in [-0.05, 0) is 18.6 Å². The molecule has 16 heavy (non-hydrogen) atoms. The lowest BCUT2D eigenvalue weighted by atomic mass is 10.1. The number of nitrogen functional groups attached to an aromatic ring is 1. The molecule has 2 aromatic rings. The second-order valence-electron chi connectivity index (χ2n) is 3.36. The lowest BCUT2D eigenvalue weighted by Crippen LogP contribution is -1.90. The summed E-state index contributed by atoms with van der Waals surface area (Å²) in [4.78, 5) is 0. The molecule has 0 saturated carbocycles. The van der Waals surface area contributed by atoms with Gasteiger partial charge >= 0.3 is 0 Å². The third-order valence-electron chi connectivity index (χ3n) is 2.37. The number of anilines is 1. The highest BCUT2D eigenvalue weighted by Crippen LogP contribution is 2.31. The fourth-order valence-corrected chi connectivity index (χ4v) is 1.83. The number of halogens is 2. The van der Waals surface area contributed by atoms with Crippen LogP contribution in [0, 0.1) is 0 Å². The minimum absolute atomic E-state index is 0.351. The van der Waals surface area contributed by atoms with Crippen molar-refractivity contribution in [3.63, 3.8) is 0 Å². The van der Waals surface area contributed by atoms with E-state index in [-0.39, 0.29) is 0 Å². The van der Waals surface area contributed by atoms with Gasteiger partial charge in [0.2, 0.25) is 5.88 Å². The van der Waals surface area contributed by atoms with Gasteiger partial charge in [-0.25, -0.2) is 0 Å². The summed E-state index contributed by atoms with van der Waals surface area (Å²) >= 11 is 11.8. The molecule has 0 fully saturated rings. The van der Waals surface area contributed by atoms with Gasteiger partial charge in [0.1, 0.15) is 5.69 Å². The highest BCUT2D eigenvalue weighted by molar-refractivity contribution is 6.42. The largest absolute Gasteiger partial charge is 0.367 e. The van der Waals surface area contributed by atoms with E-state index < -0.39 is 0 Å². The van der Waals surface area contributed by atoms with Gasteiger partial charge in [-0.2, -0.15) is 0 Å². The number of rotatable bonds is 2. The van der Waals surface area contributed by atoms with Crippen molar-refractivity contribution in [3.8, 4) is 11.3 Å². The zero-order chi connectivity index (χ0) is 11.7. The molecule has 84 valence electrons. The second kappa shape index (κ2) is 4.36. The summed E-state index contributed by atoms with van der Waals surface area (Å²) in [5.74, 6) is 0.351. The van der Waals surface area contributed by atoms with Crippen LogP contribution in [0.5, 0.6) is 0 Å². The Morgan fingerprint density at radius 1 is 1.31 bits per heavy atom. The van der Waals surface area contributed by atoms with Crippen LogP contribution in [-0.2, 0) is 6.42 Å². The molecule has 3 nitrogen and oxygen atoms in total. The SMILES string of the molecule is CCc1c(-c2ccc(Cl)c(Cl)c2)noc1N. The van der Waals surface area contributed by atoms with Crippen LogP contribution in [0.1, 0.15) is 12.5 Å². The van der Waals surface area contributed by atoms with Crippen LogP contribution in [0.15, 0.2) is 22.7 Å². The Balaban J connectivity index is 2.54. The van der Waals surface area contributed by atoms with E-state index in [0.717, 1.165) is 23.2 Å². The average Bonchev–Trinajstić information content (AvgIpc) is 2.63. The van der Waals surface area contributed by atoms with Gasteiger partial charge in [-0.15, -0.1) is 0 Å². The van der Waals surface area contributed by atoms with Gasteiger partial charge in [0.25, 0.3) is 0 Å². The number of hydrogen-bond acceptors (Lipinski definition) is 3. The van der Waals surface area contributed by atoms with Crippen LogP contribution in [0.25, 0.3) is 11.3 Å². The first-order chi connectivity index (χ1) is 7.63. The zero-order valence-corrected chi connectivity index (χ0v) is 10.1. The quantitative estimate of drug-likeness (QED) is 0.890. The predicted octanol–water partition coefficient (Wildman–Crippen LogP) is 3.79. The number of nitrogens with zero attached hydrogens (tertiary/aromatic N) is 1. The number of aromatic nitrogens is 1. The summed E-state index contributed by atoms with van der Waals surface area (Å²) in [7, 11) is 0. The molecule has 0 saturated heterocycles.